The number of nitrogens with zero attached hydrogens (tertiary/aromatic N) is 5. The Morgan fingerprint density at radius 1 is 1.21 bits per heavy atom. The normalized spacial score (nSPS) is 12.6. The van der Waals surface area contributed by atoms with Gasteiger partial charge in [0.1, 0.15) is 17.2 Å². The molecule has 0 aliphatic heterocycles. The highest BCUT2D eigenvalue weighted by Gasteiger charge is 2.17. The van der Waals surface area contributed by atoms with Crippen LogP contribution in [-0.2, 0) is 13.0 Å². The van der Waals surface area contributed by atoms with E-state index < -0.39 is 0 Å². The van der Waals surface area contributed by atoms with Gasteiger partial charge in [0.2, 0.25) is 5.82 Å². The number of thiophene rings is 1. The van der Waals surface area contributed by atoms with Crippen molar-refractivity contribution in [3.63, 3.8) is 0 Å². The molecule has 0 amide bonds. The number of tetrazole rings is 1. The van der Waals surface area contributed by atoms with Gasteiger partial charge >= 0.3 is 0 Å². The Balaban J connectivity index is 1.62. The number of aromatic nitrogens is 6. The number of nitrogens with one attached hydrogen (secondary N) is 1. The van der Waals surface area contributed by atoms with Gasteiger partial charge in [0, 0.05) is 10.4 Å². The van der Waals surface area contributed by atoms with Gasteiger partial charge in [-0.1, -0.05) is 50.1 Å². The molecule has 0 spiro atoms. The van der Waals surface area contributed by atoms with Gasteiger partial charge in [-0.2, -0.15) is 4.80 Å². The predicted molar refractivity (Wildman–Crippen MR) is 115 cm³/mol. The number of fused-ring (bicyclic) bond motifs is 1. The van der Waals surface area contributed by atoms with Crippen LogP contribution in [0.1, 0.15) is 42.1 Å². The summed E-state index contributed by atoms with van der Waals surface area (Å²) in [6.07, 6.45) is 1.98. The summed E-state index contributed by atoms with van der Waals surface area (Å²) < 4.78 is 0. The summed E-state index contributed by atoms with van der Waals surface area (Å²) in [5, 5.41) is 13.4. The maximum atomic E-state index is 12.8. The summed E-state index contributed by atoms with van der Waals surface area (Å²) in [5.41, 5.74) is 3.11. The highest BCUT2D eigenvalue weighted by atomic mass is 32.1. The largest absolute Gasteiger partial charge is 0.308 e. The topological polar surface area (TPSA) is 89.3 Å². The van der Waals surface area contributed by atoms with E-state index in [1.165, 1.54) is 10.4 Å². The Kier molecular flexibility index (Phi) is 5.27. The first-order valence-corrected chi connectivity index (χ1v) is 10.6. The molecular weight excluding hydrogens is 384 g/mol. The molecule has 4 rings (SSSR count). The number of aryl methyl sites for hydroxylation is 2. The van der Waals surface area contributed by atoms with Crippen molar-refractivity contribution in [2.45, 2.75) is 47.1 Å². The van der Waals surface area contributed by atoms with Crippen molar-refractivity contribution in [3.8, 4) is 11.4 Å². The fourth-order valence-electron chi connectivity index (χ4n) is 3.30. The number of rotatable bonds is 6. The fourth-order valence-corrected chi connectivity index (χ4v) is 4.37. The Morgan fingerprint density at radius 2 is 1.97 bits per heavy atom. The molecule has 1 aromatic carbocycles. The molecule has 0 bridgehead atoms. The summed E-state index contributed by atoms with van der Waals surface area (Å²) in [6, 6.07) is 7.96. The van der Waals surface area contributed by atoms with E-state index in [0.717, 1.165) is 39.1 Å². The van der Waals surface area contributed by atoms with Crippen molar-refractivity contribution >= 4 is 21.6 Å². The van der Waals surface area contributed by atoms with E-state index in [2.05, 4.69) is 46.1 Å². The SMILES string of the molecule is CC[C@H](C)Cc1c(C)sc2nc(Cn3nnc(-c4ccc(C)cc4)n3)[nH]c(=O)c12. The van der Waals surface area contributed by atoms with Crippen molar-refractivity contribution in [3.05, 3.63) is 56.4 Å². The molecule has 150 valence electrons. The first-order valence-electron chi connectivity index (χ1n) is 9.80. The van der Waals surface area contributed by atoms with Crippen LogP contribution in [0.4, 0.5) is 0 Å². The lowest BCUT2D eigenvalue weighted by molar-refractivity contribution is 0.554. The van der Waals surface area contributed by atoms with Gasteiger partial charge in [-0.3, -0.25) is 4.79 Å². The van der Waals surface area contributed by atoms with Crippen LogP contribution in [0.3, 0.4) is 0 Å². The quantitative estimate of drug-likeness (QED) is 0.523. The predicted octanol–water partition coefficient (Wildman–Crippen LogP) is 3.89. The number of benzene rings is 1. The lowest BCUT2D eigenvalue weighted by atomic mass is 9.98. The molecule has 0 saturated heterocycles. The fraction of sp³-hybridized carbons (Fsp3) is 0.381. The van der Waals surface area contributed by atoms with E-state index in [4.69, 9.17) is 0 Å². The summed E-state index contributed by atoms with van der Waals surface area (Å²) in [6.45, 7) is 8.75. The minimum Gasteiger partial charge on any atom is -0.308 e. The molecular formula is C21H24N6OS. The van der Waals surface area contributed by atoms with E-state index >= 15 is 0 Å². The molecule has 0 fully saturated rings. The zero-order chi connectivity index (χ0) is 20.5. The van der Waals surface area contributed by atoms with Crippen LogP contribution in [0.25, 0.3) is 21.6 Å². The summed E-state index contributed by atoms with van der Waals surface area (Å²) in [5.74, 6) is 1.62. The van der Waals surface area contributed by atoms with Gasteiger partial charge in [-0.15, -0.1) is 21.5 Å². The van der Waals surface area contributed by atoms with Crippen molar-refractivity contribution in [2.75, 3.05) is 0 Å². The minimum atomic E-state index is -0.0912. The monoisotopic (exact) mass is 408 g/mol. The molecule has 0 radical (unpaired) electrons. The summed E-state index contributed by atoms with van der Waals surface area (Å²) in [4.78, 5) is 23.8. The average Bonchev–Trinajstić information content (AvgIpc) is 3.27. The van der Waals surface area contributed by atoms with Crippen LogP contribution in [-0.4, -0.2) is 30.2 Å². The second-order valence-electron chi connectivity index (χ2n) is 7.56. The number of hydrogen-bond acceptors (Lipinski definition) is 6. The zero-order valence-corrected chi connectivity index (χ0v) is 17.9. The molecule has 4 aromatic rings. The number of H-pyrrole nitrogens is 1. The first-order chi connectivity index (χ1) is 13.9. The van der Waals surface area contributed by atoms with Crippen LogP contribution >= 0.6 is 11.3 Å². The van der Waals surface area contributed by atoms with E-state index in [0.29, 0.717) is 17.6 Å². The second kappa shape index (κ2) is 7.87. The third kappa shape index (κ3) is 3.98. The Labute approximate surface area is 172 Å². The molecule has 0 aliphatic rings. The van der Waals surface area contributed by atoms with Crippen molar-refractivity contribution in [2.24, 2.45) is 5.92 Å². The molecule has 0 aliphatic carbocycles. The first kappa shape index (κ1) is 19.4. The molecule has 29 heavy (non-hydrogen) atoms. The summed E-state index contributed by atoms with van der Waals surface area (Å²) in [7, 11) is 0. The highest BCUT2D eigenvalue weighted by Crippen LogP contribution is 2.29. The minimum absolute atomic E-state index is 0.0912. The standard InChI is InChI=1S/C21H24N6OS/c1-5-12(2)10-16-14(4)29-21-18(16)20(28)22-17(23-21)11-27-25-19(24-26-27)15-8-6-13(3)7-9-15/h6-9,12H,5,10-11H2,1-4H3,(H,22,23,28)/t12-/m0/s1. The smallest absolute Gasteiger partial charge is 0.259 e. The van der Waals surface area contributed by atoms with Gasteiger partial charge in [0.15, 0.2) is 0 Å². The van der Waals surface area contributed by atoms with E-state index in [1.807, 2.05) is 31.2 Å². The van der Waals surface area contributed by atoms with Crippen molar-refractivity contribution < 1.29 is 0 Å². The zero-order valence-electron chi connectivity index (χ0n) is 17.1. The van der Waals surface area contributed by atoms with Crippen LogP contribution in [0, 0.1) is 19.8 Å². The Bertz CT molecular complexity index is 1200. The van der Waals surface area contributed by atoms with Crippen molar-refractivity contribution in [1.29, 1.82) is 0 Å². The lowest BCUT2D eigenvalue weighted by Gasteiger charge is -2.08. The lowest BCUT2D eigenvalue weighted by Crippen LogP contribution is -2.16. The van der Waals surface area contributed by atoms with E-state index in [9.17, 15) is 4.79 Å². The molecule has 0 saturated carbocycles. The van der Waals surface area contributed by atoms with Gasteiger partial charge < -0.3 is 4.98 Å². The molecule has 7 nitrogen and oxygen atoms in total. The van der Waals surface area contributed by atoms with Gasteiger partial charge in [-0.05, 0) is 37.0 Å². The molecule has 8 heteroatoms. The molecule has 1 N–H and O–H groups in total. The van der Waals surface area contributed by atoms with E-state index in [-0.39, 0.29) is 12.1 Å². The molecule has 3 heterocycles. The third-order valence-corrected chi connectivity index (χ3v) is 6.26. The van der Waals surface area contributed by atoms with Crippen LogP contribution in [0.5, 0.6) is 0 Å². The molecule has 1 atom stereocenters. The van der Waals surface area contributed by atoms with Gasteiger partial charge in [0.05, 0.1) is 5.39 Å². The van der Waals surface area contributed by atoms with Crippen LogP contribution in [0.2, 0.25) is 0 Å². The molecule has 0 unspecified atom stereocenters. The average molecular weight is 409 g/mol. The van der Waals surface area contributed by atoms with Crippen molar-refractivity contribution in [1.82, 2.24) is 30.2 Å². The maximum Gasteiger partial charge on any atom is 0.259 e. The van der Waals surface area contributed by atoms with Crippen LogP contribution in [0.15, 0.2) is 29.1 Å². The maximum absolute atomic E-state index is 12.8. The Morgan fingerprint density at radius 3 is 2.69 bits per heavy atom. The highest BCUT2D eigenvalue weighted by molar-refractivity contribution is 7.18. The van der Waals surface area contributed by atoms with E-state index in [1.54, 1.807) is 11.3 Å². The Hall–Kier alpha value is -2.87. The van der Waals surface area contributed by atoms with Gasteiger partial charge in [0.25, 0.3) is 5.56 Å². The van der Waals surface area contributed by atoms with Crippen LogP contribution < -0.4 is 5.56 Å². The number of hydrogen-bond donors (Lipinski definition) is 1. The second-order valence-corrected chi connectivity index (χ2v) is 8.76. The van der Waals surface area contributed by atoms with Gasteiger partial charge in [-0.25, -0.2) is 4.98 Å². The third-order valence-electron chi connectivity index (χ3n) is 5.22. The number of aromatic amines is 1. The molecule has 3 aromatic heterocycles. The summed E-state index contributed by atoms with van der Waals surface area (Å²) >= 11 is 1.58.